The number of urea groups is 1. The van der Waals surface area contributed by atoms with Crippen LogP contribution in [0.15, 0.2) is 78.4 Å². The molecule has 0 aromatic heterocycles. The highest BCUT2D eigenvalue weighted by molar-refractivity contribution is 6.04. The van der Waals surface area contributed by atoms with Crippen molar-refractivity contribution in [1.82, 2.24) is 10.6 Å². The van der Waals surface area contributed by atoms with Crippen LogP contribution in [0.2, 0.25) is 0 Å². The van der Waals surface area contributed by atoms with E-state index in [0.29, 0.717) is 40.5 Å². The molecule has 0 saturated heterocycles. The number of halogens is 1. The van der Waals surface area contributed by atoms with Gasteiger partial charge in [0.25, 0.3) is 0 Å². The van der Waals surface area contributed by atoms with Crippen LogP contribution in [0.5, 0.6) is 11.5 Å². The van der Waals surface area contributed by atoms with Gasteiger partial charge in [-0.15, -0.1) is 0 Å². The summed E-state index contributed by atoms with van der Waals surface area (Å²) in [4.78, 5) is 25.4. The van der Waals surface area contributed by atoms with E-state index in [-0.39, 0.29) is 18.0 Å². The van der Waals surface area contributed by atoms with Gasteiger partial charge in [0.1, 0.15) is 12.4 Å². The number of hydrogen-bond donors (Lipinski definition) is 2. The maximum Gasteiger partial charge on any atom is 0.338 e. The summed E-state index contributed by atoms with van der Waals surface area (Å²) in [6.45, 7) is 2.20. The second kappa shape index (κ2) is 10.7. The van der Waals surface area contributed by atoms with E-state index in [9.17, 15) is 14.0 Å². The molecule has 1 aliphatic heterocycles. The standard InChI is InChI=1S/C27H25FN2O5/c1-3-34-22-15-18(13-14-21(22)35-16-19-11-7-8-12-20(19)28)25-23(26(31)33-2)24(29-27(32)30-25)17-9-5-4-6-10-17/h4-15,25H,3,16H2,1-2H3,(H2,29,30,32). The lowest BCUT2D eigenvalue weighted by Crippen LogP contribution is -2.45. The Morgan fingerprint density at radius 3 is 2.43 bits per heavy atom. The molecule has 7 nitrogen and oxygen atoms in total. The maximum atomic E-state index is 14.0. The second-order valence-electron chi connectivity index (χ2n) is 7.70. The molecule has 0 aliphatic carbocycles. The van der Waals surface area contributed by atoms with Crippen molar-refractivity contribution < 1.29 is 28.2 Å². The van der Waals surface area contributed by atoms with Crippen molar-refractivity contribution in [2.75, 3.05) is 13.7 Å². The van der Waals surface area contributed by atoms with Gasteiger partial charge in [-0.25, -0.2) is 14.0 Å². The number of benzene rings is 3. The molecule has 0 radical (unpaired) electrons. The first-order valence-corrected chi connectivity index (χ1v) is 11.1. The van der Waals surface area contributed by atoms with Crippen LogP contribution < -0.4 is 20.1 Å². The topological polar surface area (TPSA) is 85.9 Å². The molecule has 0 bridgehead atoms. The zero-order valence-electron chi connectivity index (χ0n) is 19.3. The number of amides is 2. The fraction of sp³-hybridized carbons (Fsp3) is 0.185. The Balaban J connectivity index is 1.72. The van der Waals surface area contributed by atoms with Crippen molar-refractivity contribution in [3.63, 3.8) is 0 Å². The molecule has 3 aromatic rings. The summed E-state index contributed by atoms with van der Waals surface area (Å²) < 4.78 is 30.7. The van der Waals surface area contributed by atoms with Crippen LogP contribution in [0.4, 0.5) is 9.18 Å². The number of nitrogens with one attached hydrogen (secondary N) is 2. The minimum absolute atomic E-state index is 0.0155. The van der Waals surface area contributed by atoms with Crippen LogP contribution in [0.3, 0.4) is 0 Å². The van der Waals surface area contributed by atoms with E-state index in [1.807, 2.05) is 25.1 Å². The minimum atomic E-state index is -0.800. The normalized spacial score (nSPS) is 15.2. The molecule has 1 heterocycles. The van der Waals surface area contributed by atoms with Gasteiger partial charge in [-0.1, -0.05) is 54.6 Å². The number of carbonyl (C=O) groups is 2. The summed E-state index contributed by atoms with van der Waals surface area (Å²) >= 11 is 0. The highest BCUT2D eigenvalue weighted by Gasteiger charge is 2.34. The monoisotopic (exact) mass is 476 g/mol. The first kappa shape index (κ1) is 23.8. The molecule has 0 spiro atoms. The van der Waals surface area contributed by atoms with E-state index >= 15 is 0 Å². The van der Waals surface area contributed by atoms with Crippen LogP contribution in [0.1, 0.15) is 29.7 Å². The fourth-order valence-electron chi connectivity index (χ4n) is 3.84. The van der Waals surface area contributed by atoms with Gasteiger partial charge in [-0.2, -0.15) is 0 Å². The molecule has 180 valence electrons. The van der Waals surface area contributed by atoms with Gasteiger partial charge in [0, 0.05) is 5.56 Å². The Hall–Kier alpha value is -4.33. The number of esters is 1. The van der Waals surface area contributed by atoms with E-state index in [1.54, 1.807) is 48.5 Å². The van der Waals surface area contributed by atoms with Crippen LogP contribution in [-0.2, 0) is 16.1 Å². The average molecular weight is 477 g/mol. The molecule has 3 aromatic carbocycles. The Bertz CT molecular complexity index is 1260. The fourth-order valence-corrected chi connectivity index (χ4v) is 3.84. The quantitative estimate of drug-likeness (QED) is 0.459. The van der Waals surface area contributed by atoms with Crippen molar-refractivity contribution in [3.8, 4) is 11.5 Å². The van der Waals surface area contributed by atoms with Crippen LogP contribution in [0, 0.1) is 5.82 Å². The number of carbonyl (C=O) groups excluding carboxylic acids is 2. The second-order valence-corrected chi connectivity index (χ2v) is 7.70. The van der Waals surface area contributed by atoms with Crippen LogP contribution in [-0.4, -0.2) is 25.7 Å². The molecule has 4 rings (SSSR count). The zero-order valence-corrected chi connectivity index (χ0v) is 19.3. The van der Waals surface area contributed by atoms with Gasteiger partial charge in [-0.05, 0) is 36.2 Å². The SMILES string of the molecule is CCOc1cc(C2NC(=O)NC(c3ccccc3)=C2C(=O)OC)ccc1OCc1ccccc1F. The number of ether oxygens (including phenoxy) is 3. The number of methoxy groups -OCH3 is 1. The van der Waals surface area contributed by atoms with Gasteiger partial charge in [0.15, 0.2) is 11.5 Å². The molecule has 8 heteroatoms. The van der Waals surface area contributed by atoms with Crippen LogP contribution in [0.25, 0.3) is 5.70 Å². The predicted octanol–water partition coefficient (Wildman–Crippen LogP) is 4.74. The summed E-state index contributed by atoms with van der Waals surface area (Å²) in [6.07, 6.45) is 0. The van der Waals surface area contributed by atoms with Gasteiger partial charge >= 0.3 is 12.0 Å². The van der Waals surface area contributed by atoms with E-state index in [0.717, 1.165) is 0 Å². The van der Waals surface area contributed by atoms with Gasteiger partial charge < -0.3 is 24.8 Å². The third kappa shape index (κ3) is 5.27. The van der Waals surface area contributed by atoms with E-state index in [1.165, 1.54) is 13.2 Å². The molecule has 0 saturated carbocycles. The average Bonchev–Trinajstić information content (AvgIpc) is 2.88. The van der Waals surface area contributed by atoms with Crippen molar-refractivity contribution in [2.45, 2.75) is 19.6 Å². The highest BCUT2D eigenvalue weighted by atomic mass is 19.1. The Kier molecular flexibility index (Phi) is 7.30. The zero-order chi connectivity index (χ0) is 24.8. The molecular formula is C27H25FN2O5. The Labute approximate surface area is 202 Å². The molecule has 0 fully saturated rings. The van der Waals surface area contributed by atoms with E-state index in [4.69, 9.17) is 14.2 Å². The minimum Gasteiger partial charge on any atom is -0.490 e. The molecule has 1 aliphatic rings. The van der Waals surface area contributed by atoms with Gasteiger partial charge in [-0.3, -0.25) is 0 Å². The molecule has 2 N–H and O–H groups in total. The third-order valence-electron chi connectivity index (χ3n) is 5.48. The molecule has 1 unspecified atom stereocenters. The molecule has 35 heavy (non-hydrogen) atoms. The van der Waals surface area contributed by atoms with Crippen LogP contribution >= 0.6 is 0 Å². The molecule has 1 atom stereocenters. The summed E-state index contributed by atoms with van der Waals surface area (Å²) in [6, 6.07) is 19.3. The first-order valence-electron chi connectivity index (χ1n) is 11.1. The van der Waals surface area contributed by atoms with Gasteiger partial charge in [0.2, 0.25) is 0 Å². The molecular weight excluding hydrogens is 451 g/mol. The van der Waals surface area contributed by atoms with Crippen molar-refractivity contribution in [1.29, 1.82) is 0 Å². The highest BCUT2D eigenvalue weighted by Crippen LogP contribution is 2.37. The largest absolute Gasteiger partial charge is 0.490 e. The summed E-state index contributed by atoms with van der Waals surface area (Å²) in [5.74, 6) is -0.134. The lowest BCUT2D eigenvalue weighted by Gasteiger charge is -2.29. The summed E-state index contributed by atoms with van der Waals surface area (Å²) in [7, 11) is 1.29. The van der Waals surface area contributed by atoms with E-state index in [2.05, 4.69) is 10.6 Å². The number of rotatable bonds is 8. The predicted molar refractivity (Wildman–Crippen MR) is 128 cm³/mol. The van der Waals surface area contributed by atoms with Crippen molar-refractivity contribution in [3.05, 3.63) is 101 Å². The maximum absolute atomic E-state index is 14.0. The lowest BCUT2D eigenvalue weighted by atomic mass is 9.92. The third-order valence-corrected chi connectivity index (χ3v) is 5.48. The van der Waals surface area contributed by atoms with E-state index < -0.39 is 18.0 Å². The summed E-state index contributed by atoms with van der Waals surface area (Å²) in [5, 5.41) is 5.53. The summed E-state index contributed by atoms with van der Waals surface area (Å²) in [5.41, 5.74) is 2.29. The Morgan fingerprint density at radius 1 is 0.971 bits per heavy atom. The first-order chi connectivity index (χ1) is 17.0. The van der Waals surface area contributed by atoms with Crippen molar-refractivity contribution >= 4 is 17.7 Å². The van der Waals surface area contributed by atoms with Gasteiger partial charge in [0.05, 0.1) is 31.0 Å². The Morgan fingerprint density at radius 2 is 1.71 bits per heavy atom. The van der Waals surface area contributed by atoms with Crippen molar-refractivity contribution in [2.24, 2.45) is 0 Å². The smallest absolute Gasteiger partial charge is 0.338 e. The molecule has 2 amide bonds. The number of hydrogen-bond acceptors (Lipinski definition) is 5. The lowest BCUT2D eigenvalue weighted by molar-refractivity contribution is -0.136.